The van der Waals surface area contributed by atoms with Crippen LogP contribution in [0.15, 0.2) is 42.5 Å². The Balaban J connectivity index is 2.40. The van der Waals surface area contributed by atoms with Gasteiger partial charge in [-0.15, -0.1) is 0 Å². The van der Waals surface area contributed by atoms with Crippen LogP contribution in [-0.2, 0) is 19.6 Å². The molecule has 0 aliphatic carbocycles. The van der Waals surface area contributed by atoms with Gasteiger partial charge in [-0.2, -0.15) is 0 Å². The van der Waals surface area contributed by atoms with Crippen molar-refractivity contribution < 1.29 is 22.7 Å². The molecule has 0 aliphatic heterocycles. The number of carbonyl (C=O) groups excluding carboxylic acids is 2. The Labute approximate surface area is 165 Å². The van der Waals surface area contributed by atoms with E-state index in [0.29, 0.717) is 5.69 Å². The number of para-hydroxylation sites is 1. The molecule has 0 radical (unpaired) electrons. The van der Waals surface area contributed by atoms with E-state index in [1.807, 2.05) is 19.9 Å². The Morgan fingerprint density at radius 2 is 1.64 bits per heavy atom. The van der Waals surface area contributed by atoms with Crippen molar-refractivity contribution in [1.29, 1.82) is 0 Å². The van der Waals surface area contributed by atoms with Crippen LogP contribution in [0.2, 0.25) is 0 Å². The van der Waals surface area contributed by atoms with Crippen LogP contribution in [0.3, 0.4) is 0 Å². The van der Waals surface area contributed by atoms with E-state index in [0.717, 1.165) is 21.7 Å². The van der Waals surface area contributed by atoms with Crippen LogP contribution in [0.5, 0.6) is 0 Å². The van der Waals surface area contributed by atoms with Gasteiger partial charge in [-0.1, -0.05) is 18.2 Å². The summed E-state index contributed by atoms with van der Waals surface area (Å²) < 4.78 is 30.7. The van der Waals surface area contributed by atoms with Crippen molar-refractivity contribution in [1.82, 2.24) is 0 Å². The molecule has 2 aromatic carbocycles. The number of nitrogens with one attached hydrogen (secondary N) is 1. The molecule has 0 aliphatic rings. The Hall–Kier alpha value is -2.87. The van der Waals surface area contributed by atoms with Crippen LogP contribution in [0.1, 0.15) is 28.4 Å². The maximum Gasteiger partial charge on any atom is 0.339 e. The van der Waals surface area contributed by atoms with Gasteiger partial charge >= 0.3 is 5.97 Å². The number of rotatable bonds is 6. The highest BCUT2D eigenvalue weighted by Gasteiger charge is 2.30. The van der Waals surface area contributed by atoms with E-state index in [-0.39, 0.29) is 11.3 Å². The van der Waals surface area contributed by atoms with Gasteiger partial charge in [0.25, 0.3) is 0 Å². The van der Waals surface area contributed by atoms with Crippen molar-refractivity contribution in [2.24, 2.45) is 0 Å². The number of ether oxygens (including phenoxy) is 1. The maximum absolute atomic E-state index is 12.8. The number of amides is 1. The molecule has 0 bridgehead atoms. The fraction of sp³-hybridized carbons (Fsp3) is 0.300. The molecule has 8 heteroatoms. The quantitative estimate of drug-likeness (QED) is 0.748. The second kappa shape index (κ2) is 8.43. The number of hydrogen-bond acceptors (Lipinski definition) is 5. The number of anilines is 2. The van der Waals surface area contributed by atoms with Gasteiger partial charge in [0.1, 0.15) is 6.04 Å². The lowest BCUT2D eigenvalue weighted by molar-refractivity contribution is -0.116. The highest BCUT2D eigenvalue weighted by molar-refractivity contribution is 7.92. The summed E-state index contributed by atoms with van der Waals surface area (Å²) in [7, 11) is -2.49. The minimum atomic E-state index is -3.74. The molecular formula is C20H24N2O5S. The molecule has 0 saturated carbocycles. The number of carbonyl (C=O) groups is 2. The summed E-state index contributed by atoms with van der Waals surface area (Å²) in [6.07, 6.45) is 1.05. The summed E-state index contributed by atoms with van der Waals surface area (Å²) in [6.45, 7) is 5.21. The van der Waals surface area contributed by atoms with Crippen LogP contribution in [0.4, 0.5) is 11.4 Å². The molecule has 0 aromatic heterocycles. The van der Waals surface area contributed by atoms with Crippen LogP contribution in [0.25, 0.3) is 0 Å². The zero-order chi connectivity index (χ0) is 21.1. The van der Waals surface area contributed by atoms with Crippen molar-refractivity contribution in [3.8, 4) is 0 Å². The second-order valence-corrected chi connectivity index (χ2v) is 8.47. The van der Waals surface area contributed by atoms with E-state index in [1.165, 1.54) is 20.1 Å². The summed E-state index contributed by atoms with van der Waals surface area (Å²) in [5.74, 6) is -1.17. The molecule has 0 saturated heterocycles. The predicted octanol–water partition coefficient (Wildman–Crippen LogP) is 2.88. The van der Waals surface area contributed by atoms with E-state index in [1.54, 1.807) is 30.3 Å². The van der Waals surface area contributed by atoms with Gasteiger partial charge in [-0.05, 0) is 56.2 Å². The molecular weight excluding hydrogens is 380 g/mol. The van der Waals surface area contributed by atoms with Crippen molar-refractivity contribution in [3.63, 3.8) is 0 Å². The summed E-state index contributed by atoms with van der Waals surface area (Å²) in [5.41, 5.74) is 2.60. The maximum atomic E-state index is 12.8. The molecule has 28 heavy (non-hydrogen) atoms. The molecule has 2 rings (SSSR count). The van der Waals surface area contributed by atoms with Crippen LogP contribution in [-0.4, -0.2) is 39.7 Å². The van der Waals surface area contributed by atoms with E-state index < -0.39 is 27.9 Å². The lowest BCUT2D eigenvalue weighted by Crippen LogP contribution is -2.45. The summed E-state index contributed by atoms with van der Waals surface area (Å²) in [4.78, 5) is 24.7. The van der Waals surface area contributed by atoms with Gasteiger partial charge in [-0.25, -0.2) is 13.2 Å². The number of esters is 1. The molecule has 0 unspecified atom stereocenters. The summed E-state index contributed by atoms with van der Waals surface area (Å²) in [5, 5.41) is 2.63. The van der Waals surface area contributed by atoms with Gasteiger partial charge in [0.15, 0.2) is 0 Å². The van der Waals surface area contributed by atoms with Gasteiger partial charge in [-0.3, -0.25) is 9.10 Å². The SMILES string of the molecule is COC(=O)c1ccccc1NC(=O)[C@H](C)N(c1cc(C)cc(C)c1)S(C)(=O)=O. The molecule has 1 amide bonds. The number of hydrogen-bond donors (Lipinski definition) is 1. The third-order valence-electron chi connectivity index (χ3n) is 4.14. The Bertz CT molecular complexity index is 981. The molecule has 1 atom stereocenters. The van der Waals surface area contributed by atoms with Gasteiger partial charge < -0.3 is 10.1 Å². The number of methoxy groups -OCH3 is 1. The van der Waals surface area contributed by atoms with Crippen molar-refractivity contribution in [2.75, 3.05) is 23.0 Å². The summed E-state index contributed by atoms with van der Waals surface area (Å²) >= 11 is 0. The first-order valence-electron chi connectivity index (χ1n) is 8.60. The summed E-state index contributed by atoms with van der Waals surface area (Å²) in [6, 6.07) is 10.7. The first-order chi connectivity index (χ1) is 13.0. The fourth-order valence-corrected chi connectivity index (χ4v) is 4.16. The van der Waals surface area contributed by atoms with E-state index in [2.05, 4.69) is 5.32 Å². The van der Waals surface area contributed by atoms with E-state index in [9.17, 15) is 18.0 Å². The zero-order valence-corrected chi connectivity index (χ0v) is 17.3. The van der Waals surface area contributed by atoms with Crippen LogP contribution < -0.4 is 9.62 Å². The third kappa shape index (κ3) is 4.89. The number of benzene rings is 2. The molecule has 150 valence electrons. The van der Waals surface area contributed by atoms with Gasteiger partial charge in [0.2, 0.25) is 15.9 Å². The Morgan fingerprint density at radius 3 is 2.18 bits per heavy atom. The number of nitrogens with zero attached hydrogens (tertiary/aromatic N) is 1. The van der Waals surface area contributed by atoms with Crippen molar-refractivity contribution >= 4 is 33.3 Å². The smallest absolute Gasteiger partial charge is 0.339 e. The highest BCUT2D eigenvalue weighted by Crippen LogP contribution is 2.25. The highest BCUT2D eigenvalue weighted by atomic mass is 32.2. The Morgan fingerprint density at radius 1 is 1.07 bits per heavy atom. The monoisotopic (exact) mass is 404 g/mol. The first kappa shape index (κ1) is 21.4. The first-order valence-corrected chi connectivity index (χ1v) is 10.5. The minimum Gasteiger partial charge on any atom is -0.465 e. The predicted molar refractivity (Wildman–Crippen MR) is 109 cm³/mol. The largest absolute Gasteiger partial charge is 0.465 e. The lowest BCUT2D eigenvalue weighted by atomic mass is 10.1. The molecule has 0 heterocycles. The van der Waals surface area contributed by atoms with Crippen LogP contribution >= 0.6 is 0 Å². The number of aryl methyl sites for hydroxylation is 2. The topological polar surface area (TPSA) is 92.8 Å². The van der Waals surface area contributed by atoms with Crippen molar-refractivity contribution in [2.45, 2.75) is 26.8 Å². The molecule has 2 aromatic rings. The lowest BCUT2D eigenvalue weighted by Gasteiger charge is -2.29. The zero-order valence-electron chi connectivity index (χ0n) is 16.5. The average Bonchev–Trinajstić information content (AvgIpc) is 2.59. The van der Waals surface area contributed by atoms with Crippen LogP contribution in [0, 0.1) is 13.8 Å². The van der Waals surface area contributed by atoms with E-state index in [4.69, 9.17) is 4.74 Å². The average molecular weight is 404 g/mol. The van der Waals surface area contributed by atoms with E-state index >= 15 is 0 Å². The molecule has 7 nitrogen and oxygen atoms in total. The standard InChI is InChI=1S/C20H24N2O5S/c1-13-10-14(2)12-16(11-13)22(28(5,25)26)15(3)19(23)21-18-9-7-6-8-17(18)20(24)27-4/h6-12,15H,1-5H3,(H,21,23)/t15-/m0/s1. The molecule has 0 fully saturated rings. The normalized spacial score (nSPS) is 12.2. The van der Waals surface area contributed by atoms with Gasteiger partial charge in [0.05, 0.1) is 30.3 Å². The number of sulfonamides is 1. The second-order valence-electron chi connectivity index (χ2n) is 6.61. The molecule has 0 spiro atoms. The Kier molecular flexibility index (Phi) is 6.45. The molecule has 1 N–H and O–H groups in total. The van der Waals surface area contributed by atoms with Gasteiger partial charge in [0, 0.05) is 0 Å². The van der Waals surface area contributed by atoms with Crippen molar-refractivity contribution in [3.05, 3.63) is 59.2 Å². The minimum absolute atomic E-state index is 0.183. The third-order valence-corrected chi connectivity index (χ3v) is 5.38. The fourth-order valence-electron chi connectivity index (χ4n) is 3.00.